The third kappa shape index (κ3) is 3.43. The maximum absolute atomic E-state index is 13.5. The maximum atomic E-state index is 13.5. The predicted octanol–water partition coefficient (Wildman–Crippen LogP) is 4.47. The van der Waals surface area contributed by atoms with E-state index >= 15 is 0 Å². The molecule has 0 aliphatic carbocycles. The molecule has 5 heteroatoms. The summed E-state index contributed by atoms with van der Waals surface area (Å²) in [5, 5.41) is 3.39. The van der Waals surface area contributed by atoms with Crippen molar-refractivity contribution in [2.75, 3.05) is 0 Å². The number of halogens is 2. The van der Waals surface area contributed by atoms with Gasteiger partial charge in [0.25, 0.3) is 0 Å². The Labute approximate surface area is 114 Å². The lowest BCUT2D eigenvalue weighted by Crippen LogP contribution is -1.98. The van der Waals surface area contributed by atoms with Crippen molar-refractivity contribution in [2.24, 2.45) is 0 Å². The molecule has 0 N–H and O–H groups in total. The Bertz CT molecular complexity index is 529. The van der Waals surface area contributed by atoms with Gasteiger partial charge < -0.3 is 4.74 Å². The fourth-order valence-electron chi connectivity index (χ4n) is 1.49. The van der Waals surface area contributed by atoms with Crippen LogP contribution in [0.3, 0.4) is 0 Å². The van der Waals surface area contributed by atoms with Crippen LogP contribution < -0.4 is 4.74 Å². The summed E-state index contributed by atoms with van der Waals surface area (Å²) in [7, 11) is 0. The Hall–Kier alpha value is -1.13. The van der Waals surface area contributed by atoms with E-state index in [0.29, 0.717) is 5.02 Å². The Morgan fingerprint density at radius 3 is 3.00 bits per heavy atom. The van der Waals surface area contributed by atoms with Crippen LogP contribution in [0.1, 0.15) is 24.0 Å². The average molecular weight is 286 g/mol. The normalized spacial score (nSPS) is 10.6. The largest absolute Gasteiger partial charge is 0.484 e. The highest BCUT2D eigenvalue weighted by Gasteiger charge is 2.06. The molecule has 0 spiro atoms. The van der Waals surface area contributed by atoms with Crippen LogP contribution in [0, 0.1) is 5.82 Å². The predicted molar refractivity (Wildman–Crippen MR) is 71.9 cm³/mol. The van der Waals surface area contributed by atoms with Crippen molar-refractivity contribution < 1.29 is 9.13 Å². The highest BCUT2D eigenvalue weighted by molar-refractivity contribution is 7.09. The number of hydrogen-bond donors (Lipinski definition) is 0. The molecule has 1 aromatic heterocycles. The van der Waals surface area contributed by atoms with E-state index in [4.69, 9.17) is 16.3 Å². The van der Waals surface area contributed by atoms with Crippen molar-refractivity contribution in [3.05, 3.63) is 45.1 Å². The number of aryl methyl sites for hydroxylation is 1. The van der Waals surface area contributed by atoms with Crippen LogP contribution in [-0.2, 0) is 13.0 Å². The third-order valence-electron chi connectivity index (χ3n) is 2.33. The molecule has 0 aliphatic heterocycles. The Morgan fingerprint density at radius 2 is 2.28 bits per heavy atom. The van der Waals surface area contributed by atoms with Crippen LogP contribution in [0.4, 0.5) is 4.39 Å². The monoisotopic (exact) mass is 285 g/mol. The van der Waals surface area contributed by atoms with Gasteiger partial charge in [0.15, 0.2) is 11.6 Å². The summed E-state index contributed by atoms with van der Waals surface area (Å²) in [6.07, 6.45) is 2.04. The molecule has 0 fully saturated rings. The molecule has 0 amide bonds. The molecule has 0 radical (unpaired) electrons. The van der Waals surface area contributed by atoms with Crippen LogP contribution in [0.5, 0.6) is 5.75 Å². The molecule has 96 valence electrons. The number of ether oxygens (including phenoxy) is 1. The zero-order valence-electron chi connectivity index (χ0n) is 9.95. The molecule has 0 atom stereocenters. The van der Waals surface area contributed by atoms with Crippen molar-refractivity contribution in [3.63, 3.8) is 0 Å². The zero-order chi connectivity index (χ0) is 13.0. The van der Waals surface area contributed by atoms with E-state index in [0.717, 1.165) is 23.5 Å². The fourth-order valence-corrected chi connectivity index (χ4v) is 2.53. The molecule has 0 aliphatic rings. The number of rotatable bonds is 5. The second-order valence-corrected chi connectivity index (χ2v) is 5.23. The first-order chi connectivity index (χ1) is 8.69. The van der Waals surface area contributed by atoms with Gasteiger partial charge in [-0.2, -0.15) is 0 Å². The minimum atomic E-state index is -0.452. The average Bonchev–Trinajstić information content (AvgIpc) is 2.76. The Morgan fingerprint density at radius 1 is 1.44 bits per heavy atom. The van der Waals surface area contributed by atoms with Gasteiger partial charge in [-0.05, 0) is 31.0 Å². The summed E-state index contributed by atoms with van der Waals surface area (Å²) >= 11 is 7.28. The molecule has 0 unspecified atom stereocenters. The summed E-state index contributed by atoms with van der Waals surface area (Å²) < 4.78 is 18.8. The molecule has 0 saturated heterocycles. The van der Waals surface area contributed by atoms with Crippen molar-refractivity contribution in [2.45, 2.75) is 26.4 Å². The molecule has 2 aromatic rings. The number of hydrogen-bond acceptors (Lipinski definition) is 3. The molecule has 1 heterocycles. The molecule has 1 aromatic carbocycles. The van der Waals surface area contributed by atoms with E-state index in [1.165, 1.54) is 12.1 Å². The van der Waals surface area contributed by atoms with Gasteiger partial charge in [0.1, 0.15) is 6.61 Å². The van der Waals surface area contributed by atoms with Crippen molar-refractivity contribution in [1.29, 1.82) is 0 Å². The highest BCUT2D eigenvalue weighted by Crippen LogP contribution is 2.22. The topological polar surface area (TPSA) is 22.1 Å². The maximum Gasteiger partial charge on any atom is 0.166 e. The van der Waals surface area contributed by atoms with Crippen LogP contribution in [0.15, 0.2) is 23.6 Å². The van der Waals surface area contributed by atoms with Crippen molar-refractivity contribution >= 4 is 22.9 Å². The molecular formula is C13H13ClFNOS. The van der Waals surface area contributed by atoms with E-state index in [1.807, 2.05) is 5.38 Å². The molecule has 0 bridgehead atoms. The number of thiazole rings is 1. The summed E-state index contributed by atoms with van der Waals surface area (Å²) in [4.78, 5) is 4.41. The molecule has 0 saturated carbocycles. The summed E-state index contributed by atoms with van der Waals surface area (Å²) in [5.41, 5.74) is 0.831. The first-order valence-electron chi connectivity index (χ1n) is 5.70. The van der Waals surface area contributed by atoms with Gasteiger partial charge in [0.2, 0.25) is 0 Å². The molecule has 2 rings (SSSR count). The summed E-state index contributed by atoms with van der Waals surface area (Å²) in [6, 6.07) is 4.36. The zero-order valence-corrected chi connectivity index (χ0v) is 11.5. The quantitative estimate of drug-likeness (QED) is 0.809. The lowest BCUT2D eigenvalue weighted by Gasteiger charge is -2.05. The van der Waals surface area contributed by atoms with Gasteiger partial charge in [-0.3, -0.25) is 0 Å². The van der Waals surface area contributed by atoms with E-state index < -0.39 is 5.82 Å². The van der Waals surface area contributed by atoms with Gasteiger partial charge >= 0.3 is 0 Å². The SMILES string of the molecule is CCCc1nc(COc2ccc(Cl)cc2F)cs1. The minimum Gasteiger partial charge on any atom is -0.484 e. The van der Waals surface area contributed by atoms with Crippen molar-refractivity contribution in [1.82, 2.24) is 4.98 Å². The van der Waals surface area contributed by atoms with E-state index in [1.54, 1.807) is 17.4 Å². The number of nitrogens with zero attached hydrogens (tertiary/aromatic N) is 1. The Kier molecular flexibility index (Phi) is 4.55. The van der Waals surface area contributed by atoms with E-state index in [2.05, 4.69) is 11.9 Å². The van der Waals surface area contributed by atoms with Crippen molar-refractivity contribution in [3.8, 4) is 5.75 Å². The van der Waals surface area contributed by atoms with Gasteiger partial charge in [0.05, 0.1) is 10.7 Å². The molecule has 18 heavy (non-hydrogen) atoms. The first-order valence-corrected chi connectivity index (χ1v) is 6.96. The second-order valence-electron chi connectivity index (χ2n) is 3.85. The third-order valence-corrected chi connectivity index (χ3v) is 3.53. The fraction of sp³-hybridized carbons (Fsp3) is 0.308. The smallest absolute Gasteiger partial charge is 0.166 e. The van der Waals surface area contributed by atoms with Crippen LogP contribution >= 0.6 is 22.9 Å². The molecular weight excluding hydrogens is 273 g/mol. The van der Waals surface area contributed by atoms with Gasteiger partial charge in [-0.25, -0.2) is 9.37 Å². The van der Waals surface area contributed by atoms with Crippen LogP contribution in [0.2, 0.25) is 5.02 Å². The lowest BCUT2D eigenvalue weighted by atomic mass is 10.3. The first kappa shape index (κ1) is 13.3. The summed E-state index contributed by atoms with van der Waals surface area (Å²) in [6.45, 7) is 2.39. The molecule has 2 nitrogen and oxygen atoms in total. The van der Waals surface area contributed by atoms with Gasteiger partial charge in [-0.1, -0.05) is 18.5 Å². The van der Waals surface area contributed by atoms with Gasteiger partial charge in [0, 0.05) is 10.4 Å². The lowest BCUT2D eigenvalue weighted by molar-refractivity contribution is 0.286. The minimum absolute atomic E-state index is 0.199. The van der Waals surface area contributed by atoms with Crippen LogP contribution in [0.25, 0.3) is 0 Å². The van der Waals surface area contributed by atoms with Crippen LogP contribution in [-0.4, -0.2) is 4.98 Å². The Balaban J connectivity index is 1.97. The number of benzene rings is 1. The summed E-state index contributed by atoms with van der Waals surface area (Å²) in [5.74, 6) is -0.254. The number of aromatic nitrogens is 1. The van der Waals surface area contributed by atoms with E-state index in [-0.39, 0.29) is 12.4 Å². The second kappa shape index (κ2) is 6.16. The standard InChI is InChI=1S/C13H13ClFNOS/c1-2-3-13-16-10(8-18-13)7-17-12-5-4-9(14)6-11(12)15/h4-6,8H,2-3,7H2,1H3. The van der Waals surface area contributed by atoms with E-state index in [9.17, 15) is 4.39 Å². The van der Waals surface area contributed by atoms with Gasteiger partial charge in [-0.15, -0.1) is 11.3 Å². The highest BCUT2D eigenvalue weighted by atomic mass is 35.5.